The van der Waals surface area contributed by atoms with Crippen LogP contribution in [-0.4, -0.2) is 29.9 Å². The molecule has 2 rings (SSSR count). The molecule has 1 atom stereocenters. The van der Waals surface area contributed by atoms with Gasteiger partial charge in [-0.15, -0.1) is 0 Å². The molecule has 1 heterocycles. The molecule has 1 saturated heterocycles. The molecule has 1 fully saturated rings. The van der Waals surface area contributed by atoms with E-state index in [4.69, 9.17) is 5.73 Å². The van der Waals surface area contributed by atoms with Crippen molar-refractivity contribution < 1.29 is 4.79 Å². The number of amides is 1. The van der Waals surface area contributed by atoms with Crippen molar-refractivity contribution in [3.05, 3.63) is 34.4 Å². The standard InChI is InChI=1S/C14H20N2O/c1-9-6-10(2)13(11(3)7-9)14(17)16-5-4-12(15)8-16/h6-7,12H,4-5,8,15H2,1-3H3. The Morgan fingerprint density at radius 1 is 1.29 bits per heavy atom. The molecule has 1 unspecified atom stereocenters. The lowest BCUT2D eigenvalue weighted by Crippen LogP contribution is -2.32. The zero-order valence-corrected chi connectivity index (χ0v) is 10.8. The monoisotopic (exact) mass is 232 g/mol. The molecule has 1 aromatic carbocycles. The summed E-state index contributed by atoms with van der Waals surface area (Å²) in [5.74, 6) is 0.132. The Morgan fingerprint density at radius 3 is 2.35 bits per heavy atom. The van der Waals surface area contributed by atoms with E-state index in [1.807, 2.05) is 18.7 Å². The SMILES string of the molecule is Cc1cc(C)c(C(=O)N2CCC(N)C2)c(C)c1. The second-order valence-corrected chi connectivity index (χ2v) is 5.07. The van der Waals surface area contributed by atoms with Crippen molar-refractivity contribution >= 4 is 5.91 Å². The summed E-state index contributed by atoms with van der Waals surface area (Å²) in [6.07, 6.45) is 0.912. The lowest BCUT2D eigenvalue weighted by atomic mass is 9.99. The molecule has 1 amide bonds. The van der Waals surface area contributed by atoms with Gasteiger partial charge in [0.25, 0.3) is 5.91 Å². The Bertz CT molecular complexity index is 431. The van der Waals surface area contributed by atoms with Crippen molar-refractivity contribution in [2.75, 3.05) is 13.1 Å². The summed E-state index contributed by atoms with van der Waals surface area (Å²) >= 11 is 0. The number of hydrogen-bond donors (Lipinski definition) is 1. The first kappa shape index (κ1) is 12.1. The van der Waals surface area contributed by atoms with Crippen LogP contribution in [0.1, 0.15) is 33.5 Å². The van der Waals surface area contributed by atoms with Crippen LogP contribution in [0.4, 0.5) is 0 Å². The molecule has 1 aliphatic rings. The summed E-state index contributed by atoms with van der Waals surface area (Å²) in [5, 5.41) is 0. The van der Waals surface area contributed by atoms with E-state index in [1.54, 1.807) is 0 Å². The van der Waals surface area contributed by atoms with Crippen molar-refractivity contribution in [2.24, 2.45) is 5.73 Å². The molecule has 17 heavy (non-hydrogen) atoms. The number of benzene rings is 1. The Hall–Kier alpha value is -1.35. The van der Waals surface area contributed by atoms with Crippen LogP contribution < -0.4 is 5.73 Å². The van der Waals surface area contributed by atoms with Gasteiger partial charge in [-0.1, -0.05) is 17.7 Å². The Kier molecular flexibility index (Phi) is 3.20. The van der Waals surface area contributed by atoms with Gasteiger partial charge in [0, 0.05) is 24.7 Å². The highest BCUT2D eigenvalue weighted by Gasteiger charge is 2.26. The maximum Gasteiger partial charge on any atom is 0.254 e. The molecule has 0 spiro atoms. The van der Waals surface area contributed by atoms with Crippen molar-refractivity contribution in [3.8, 4) is 0 Å². The second kappa shape index (κ2) is 4.49. The van der Waals surface area contributed by atoms with Gasteiger partial charge >= 0.3 is 0 Å². The van der Waals surface area contributed by atoms with Gasteiger partial charge in [0.2, 0.25) is 0 Å². The Balaban J connectivity index is 2.31. The van der Waals surface area contributed by atoms with Gasteiger partial charge in [0.15, 0.2) is 0 Å². The highest BCUT2D eigenvalue weighted by molar-refractivity contribution is 5.97. The minimum atomic E-state index is 0.132. The van der Waals surface area contributed by atoms with Crippen LogP contribution in [0.25, 0.3) is 0 Å². The third-order valence-electron chi connectivity index (χ3n) is 3.40. The zero-order valence-electron chi connectivity index (χ0n) is 10.8. The van der Waals surface area contributed by atoms with Gasteiger partial charge in [0.1, 0.15) is 0 Å². The van der Waals surface area contributed by atoms with Crippen LogP contribution in [0.5, 0.6) is 0 Å². The number of rotatable bonds is 1. The molecule has 0 aromatic heterocycles. The highest BCUT2D eigenvalue weighted by Crippen LogP contribution is 2.20. The average molecular weight is 232 g/mol. The minimum Gasteiger partial charge on any atom is -0.337 e. The van der Waals surface area contributed by atoms with Crippen LogP contribution in [0.15, 0.2) is 12.1 Å². The van der Waals surface area contributed by atoms with Gasteiger partial charge < -0.3 is 10.6 Å². The normalized spacial score (nSPS) is 19.8. The largest absolute Gasteiger partial charge is 0.337 e. The number of nitrogens with two attached hydrogens (primary N) is 1. The van der Waals surface area contributed by atoms with E-state index in [0.717, 1.165) is 29.7 Å². The predicted octanol–water partition coefficient (Wildman–Crippen LogP) is 1.79. The highest BCUT2D eigenvalue weighted by atomic mass is 16.2. The summed E-state index contributed by atoms with van der Waals surface area (Å²) in [5.41, 5.74) is 10.0. The van der Waals surface area contributed by atoms with E-state index in [1.165, 1.54) is 5.56 Å². The summed E-state index contributed by atoms with van der Waals surface area (Å²) in [6, 6.07) is 4.27. The molecule has 1 aliphatic heterocycles. The molecular weight excluding hydrogens is 212 g/mol. The van der Waals surface area contributed by atoms with Crippen LogP contribution in [0, 0.1) is 20.8 Å². The van der Waals surface area contributed by atoms with Gasteiger partial charge in [-0.3, -0.25) is 4.79 Å². The molecule has 0 saturated carbocycles. The molecular formula is C14H20N2O. The van der Waals surface area contributed by atoms with Crippen molar-refractivity contribution in [3.63, 3.8) is 0 Å². The maximum atomic E-state index is 12.4. The molecule has 3 heteroatoms. The number of carbonyl (C=O) groups is 1. The van der Waals surface area contributed by atoms with Crippen LogP contribution in [-0.2, 0) is 0 Å². The first-order valence-corrected chi connectivity index (χ1v) is 6.11. The van der Waals surface area contributed by atoms with E-state index in [9.17, 15) is 4.79 Å². The summed E-state index contributed by atoms with van der Waals surface area (Å²) in [4.78, 5) is 14.3. The molecule has 2 N–H and O–H groups in total. The topological polar surface area (TPSA) is 46.3 Å². The number of hydrogen-bond acceptors (Lipinski definition) is 2. The Morgan fingerprint density at radius 2 is 1.88 bits per heavy atom. The maximum absolute atomic E-state index is 12.4. The third kappa shape index (κ3) is 2.34. The first-order chi connectivity index (χ1) is 7.99. The molecule has 0 aliphatic carbocycles. The molecule has 0 bridgehead atoms. The fourth-order valence-corrected chi connectivity index (χ4v) is 2.65. The molecule has 3 nitrogen and oxygen atoms in total. The zero-order chi connectivity index (χ0) is 12.6. The van der Waals surface area contributed by atoms with E-state index >= 15 is 0 Å². The van der Waals surface area contributed by atoms with Gasteiger partial charge in [-0.05, 0) is 38.3 Å². The van der Waals surface area contributed by atoms with E-state index < -0.39 is 0 Å². The molecule has 92 valence electrons. The number of likely N-dealkylation sites (tertiary alicyclic amines) is 1. The average Bonchev–Trinajstić information content (AvgIpc) is 2.63. The Labute approximate surface area is 103 Å². The lowest BCUT2D eigenvalue weighted by molar-refractivity contribution is 0.0789. The second-order valence-electron chi connectivity index (χ2n) is 5.07. The van der Waals surface area contributed by atoms with E-state index in [-0.39, 0.29) is 11.9 Å². The van der Waals surface area contributed by atoms with Crippen LogP contribution >= 0.6 is 0 Å². The fraction of sp³-hybridized carbons (Fsp3) is 0.500. The number of aryl methyl sites for hydroxylation is 3. The van der Waals surface area contributed by atoms with E-state index in [2.05, 4.69) is 19.1 Å². The predicted molar refractivity (Wildman–Crippen MR) is 69.1 cm³/mol. The number of nitrogens with zero attached hydrogens (tertiary/aromatic N) is 1. The smallest absolute Gasteiger partial charge is 0.254 e. The summed E-state index contributed by atoms with van der Waals surface area (Å²) in [7, 11) is 0. The molecule has 0 radical (unpaired) electrons. The number of carbonyl (C=O) groups excluding carboxylic acids is 1. The van der Waals surface area contributed by atoms with Crippen LogP contribution in [0.2, 0.25) is 0 Å². The van der Waals surface area contributed by atoms with Gasteiger partial charge in [0.05, 0.1) is 0 Å². The van der Waals surface area contributed by atoms with Crippen LogP contribution in [0.3, 0.4) is 0 Å². The summed E-state index contributed by atoms with van der Waals surface area (Å²) in [6.45, 7) is 7.53. The van der Waals surface area contributed by atoms with Crippen molar-refractivity contribution in [1.29, 1.82) is 0 Å². The lowest BCUT2D eigenvalue weighted by Gasteiger charge is -2.19. The quantitative estimate of drug-likeness (QED) is 0.802. The van der Waals surface area contributed by atoms with E-state index in [0.29, 0.717) is 6.54 Å². The van der Waals surface area contributed by atoms with Crippen molar-refractivity contribution in [2.45, 2.75) is 33.2 Å². The first-order valence-electron chi connectivity index (χ1n) is 6.11. The minimum absolute atomic E-state index is 0.132. The third-order valence-corrected chi connectivity index (χ3v) is 3.40. The van der Waals surface area contributed by atoms with Gasteiger partial charge in [-0.25, -0.2) is 0 Å². The summed E-state index contributed by atoms with van der Waals surface area (Å²) < 4.78 is 0. The van der Waals surface area contributed by atoms with Gasteiger partial charge in [-0.2, -0.15) is 0 Å². The fourth-order valence-electron chi connectivity index (χ4n) is 2.65. The molecule has 1 aromatic rings. The van der Waals surface area contributed by atoms with Crippen molar-refractivity contribution in [1.82, 2.24) is 4.90 Å².